The van der Waals surface area contributed by atoms with Crippen molar-refractivity contribution in [2.45, 2.75) is 63.2 Å². The summed E-state index contributed by atoms with van der Waals surface area (Å²) in [6.07, 6.45) is 0.0527. The zero-order chi connectivity index (χ0) is 29.4. The zero-order valence-electron chi connectivity index (χ0n) is 22.1. The summed E-state index contributed by atoms with van der Waals surface area (Å²) in [5.41, 5.74) is -2.27. The first kappa shape index (κ1) is 27.7. The lowest BCUT2D eigenvalue weighted by Gasteiger charge is -2.27. The number of rotatable bonds is 7. The summed E-state index contributed by atoms with van der Waals surface area (Å²) < 4.78 is 89.8. The molecule has 0 radical (unpaired) electrons. The molecular weight excluding hydrogens is 569 g/mol. The highest BCUT2D eigenvalue weighted by molar-refractivity contribution is 7.84. The number of imidazole rings is 1. The molecule has 9 nitrogen and oxygen atoms in total. The van der Waals surface area contributed by atoms with Gasteiger partial charge in [0.1, 0.15) is 17.6 Å². The van der Waals surface area contributed by atoms with Crippen molar-refractivity contribution in [3.05, 3.63) is 41.7 Å². The van der Waals surface area contributed by atoms with Crippen molar-refractivity contribution >= 4 is 39.3 Å². The quantitative estimate of drug-likeness (QED) is 0.253. The van der Waals surface area contributed by atoms with E-state index in [0.717, 1.165) is 0 Å². The van der Waals surface area contributed by atoms with Gasteiger partial charge in [-0.25, -0.2) is 22.7 Å². The second-order valence-electron chi connectivity index (χ2n) is 11.5. The van der Waals surface area contributed by atoms with Crippen LogP contribution in [0.25, 0.3) is 27.8 Å². The molecule has 41 heavy (non-hydrogen) atoms. The summed E-state index contributed by atoms with van der Waals surface area (Å²) in [5, 5.41) is 9.08. The van der Waals surface area contributed by atoms with Gasteiger partial charge in [0.2, 0.25) is 5.91 Å². The van der Waals surface area contributed by atoms with Crippen molar-refractivity contribution in [1.29, 1.82) is 0 Å². The average molecular weight is 596 g/mol. The summed E-state index contributed by atoms with van der Waals surface area (Å²) in [5.74, 6) is -2.92. The first-order valence-electron chi connectivity index (χ1n) is 13.0. The van der Waals surface area contributed by atoms with Crippen LogP contribution in [0, 0.1) is 17.7 Å². The minimum atomic E-state index is -5.12. The number of halogens is 5. The molecule has 0 aliphatic heterocycles. The summed E-state index contributed by atoms with van der Waals surface area (Å²) in [4.78, 5) is 20.4. The lowest BCUT2D eigenvalue weighted by Crippen LogP contribution is -2.37. The largest absolute Gasteiger partial charge is 0.419 e. The molecule has 2 fully saturated rings. The lowest BCUT2D eigenvalue weighted by molar-refractivity contribution is -0.139. The highest BCUT2D eigenvalue weighted by Gasteiger charge is 2.45. The van der Waals surface area contributed by atoms with Gasteiger partial charge in [0.05, 0.1) is 57.5 Å². The Labute approximate surface area is 232 Å². The van der Waals surface area contributed by atoms with Crippen LogP contribution in [0.3, 0.4) is 0 Å². The Morgan fingerprint density at radius 2 is 1.90 bits per heavy atom. The second-order valence-corrected chi connectivity index (χ2v) is 13.5. The fourth-order valence-electron chi connectivity index (χ4n) is 4.85. The number of alkyl halides is 4. The monoisotopic (exact) mass is 595 g/mol. The third-order valence-corrected chi connectivity index (χ3v) is 8.84. The number of benzene rings is 1. The molecule has 6 rings (SSSR count). The molecule has 3 N–H and O–H groups in total. The fraction of sp³-hybridized carbons (Fsp3) is 0.462. The SMILES string of the molecule is CC(C)(C)S(=O)NC(c1c(F)c(C(F)(F)F)c(-c2cn3cc(NC(=O)[C@@H]4C[C@@H]4F)nc3cn2)c2cn[nH]c12)C1CC1. The number of hydrogen-bond acceptors (Lipinski definition) is 5. The Hall–Kier alpha value is -3.46. The van der Waals surface area contributed by atoms with Gasteiger partial charge in [0.25, 0.3) is 0 Å². The number of hydrogen-bond donors (Lipinski definition) is 3. The minimum Gasteiger partial charge on any atom is -0.309 e. The number of fused-ring (bicyclic) bond motifs is 2. The second kappa shape index (κ2) is 9.54. The molecule has 3 heterocycles. The van der Waals surface area contributed by atoms with E-state index in [1.807, 2.05) is 0 Å². The van der Waals surface area contributed by atoms with E-state index in [9.17, 15) is 26.6 Å². The van der Waals surface area contributed by atoms with Gasteiger partial charge >= 0.3 is 6.18 Å². The normalized spacial score (nSPS) is 20.9. The van der Waals surface area contributed by atoms with Gasteiger partial charge in [-0.3, -0.25) is 14.9 Å². The van der Waals surface area contributed by atoms with Crippen LogP contribution in [-0.2, 0) is 22.0 Å². The van der Waals surface area contributed by atoms with Crippen LogP contribution in [0.1, 0.15) is 57.2 Å². The molecule has 2 unspecified atom stereocenters. The number of nitrogens with one attached hydrogen (secondary N) is 3. The molecule has 0 saturated heterocycles. The molecule has 0 spiro atoms. The predicted octanol–water partition coefficient (Wildman–Crippen LogP) is 5.23. The van der Waals surface area contributed by atoms with Crippen LogP contribution in [0.15, 0.2) is 24.8 Å². The molecule has 3 aromatic heterocycles. The van der Waals surface area contributed by atoms with E-state index in [1.54, 1.807) is 20.8 Å². The zero-order valence-corrected chi connectivity index (χ0v) is 23.0. The van der Waals surface area contributed by atoms with Crippen molar-refractivity contribution in [1.82, 2.24) is 29.3 Å². The van der Waals surface area contributed by atoms with Crippen LogP contribution in [0.2, 0.25) is 0 Å². The van der Waals surface area contributed by atoms with E-state index >= 15 is 4.39 Å². The van der Waals surface area contributed by atoms with Crippen LogP contribution >= 0.6 is 0 Å². The maximum absolute atomic E-state index is 16.3. The van der Waals surface area contributed by atoms with E-state index in [2.05, 4.69) is 30.2 Å². The standard InChI is InChI=1S/C26H26F5N7O2S/c1-25(2,3)41(40)37-22(11-4-5-11)19-21(28)20(26(29,30)31)18(13-7-33-36-23(13)19)15-9-38-10-16(34-17(38)8-32-15)35-24(39)12-6-14(12)27/h7-12,14,22,37H,4-6H2,1-3H3,(H,33,36)(H,35,39)/t12-,14+,22?,41?/m1/s1. The van der Waals surface area contributed by atoms with Gasteiger partial charge in [-0.2, -0.15) is 18.3 Å². The molecule has 15 heteroatoms. The molecule has 1 aromatic carbocycles. The minimum absolute atomic E-state index is 0.00840. The van der Waals surface area contributed by atoms with E-state index in [1.165, 1.54) is 29.2 Å². The molecule has 4 atom stereocenters. The maximum atomic E-state index is 16.3. The van der Waals surface area contributed by atoms with Gasteiger partial charge in [0.15, 0.2) is 11.5 Å². The Balaban J connectivity index is 1.48. The molecule has 0 bridgehead atoms. The van der Waals surface area contributed by atoms with Gasteiger partial charge in [0, 0.05) is 22.7 Å². The molecule has 2 saturated carbocycles. The lowest BCUT2D eigenvalue weighted by atomic mass is 9.91. The number of anilines is 1. The van der Waals surface area contributed by atoms with Gasteiger partial charge in [-0.15, -0.1) is 0 Å². The van der Waals surface area contributed by atoms with Crippen LogP contribution in [-0.4, -0.2) is 45.6 Å². The smallest absolute Gasteiger partial charge is 0.309 e. The number of carbonyl (C=O) groups is 1. The fourth-order valence-corrected chi connectivity index (χ4v) is 5.74. The van der Waals surface area contributed by atoms with Crippen molar-refractivity contribution in [3.63, 3.8) is 0 Å². The van der Waals surface area contributed by atoms with Gasteiger partial charge in [-0.1, -0.05) is 0 Å². The Morgan fingerprint density at radius 3 is 2.51 bits per heavy atom. The topological polar surface area (TPSA) is 117 Å². The summed E-state index contributed by atoms with van der Waals surface area (Å²) in [6, 6.07) is -0.946. The molecule has 4 aromatic rings. The van der Waals surface area contributed by atoms with Crippen LogP contribution in [0.5, 0.6) is 0 Å². The number of amides is 1. The number of H-pyrrole nitrogens is 1. The highest BCUT2D eigenvalue weighted by Crippen LogP contribution is 2.49. The van der Waals surface area contributed by atoms with Gasteiger partial charge < -0.3 is 9.72 Å². The molecule has 1 amide bonds. The number of nitrogens with zero attached hydrogens (tertiary/aromatic N) is 4. The molecule has 2 aliphatic rings. The van der Waals surface area contributed by atoms with Crippen LogP contribution < -0.4 is 10.0 Å². The summed E-state index contributed by atoms with van der Waals surface area (Å²) in [6.45, 7) is 5.14. The van der Waals surface area contributed by atoms with E-state index in [-0.39, 0.29) is 46.0 Å². The molecular formula is C26H26F5N7O2S. The van der Waals surface area contributed by atoms with Gasteiger partial charge in [-0.05, 0) is 46.0 Å². The summed E-state index contributed by atoms with van der Waals surface area (Å²) in [7, 11) is -1.68. The van der Waals surface area contributed by atoms with Crippen molar-refractivity contribution in [3.8, 4) is 11.3 Å². The van der Waals surface area contributed by atoms with Crippen molar-refractivity contribution < 1.29 is 31.0 Å². The maximum Gasteiger partial charge on any atom is 0.419 e. The van der Waals surface area contributed by atoms with E-state index in [4.69, 9.17) is 0 Å². The van der Waals surface area contributed by atoms with Crippen molar-refractivity contribution in [2.75, 3.05) is 5.32 Å². The number of aromatic nitrogens is 5. The Bertz CT molecular complexity index is 1710. The summed E-state index contributed by atoms with van der Waals surface area (Å²) >= 11 is 0. The first-order chi connectivity index (χ1) is 19.2. The third-order valence-electron chi connectivity index (χ3n) is 7.26. The molecule has 2 aliphatic carbocycles. The first-order valence-corrected chi connectivity index (χ1v) is 14.1. The highest BCUT2D eigenvalue weighted by atomic mass is 32.2. The number of carbonyl (C=O) groups excluding carboxylic acids is 1. The van der Waals surface area contributed by atoms with E-state index in [0.29, 0.717) is 12.8 Å². The Kier molecular flexibility index (Phi) is 6.45. The number of aromatic amines is 1. The molecule has 218 valence electrons. The van der Waals surface area contributed by atoms with Crippen molar-refractivity contribution in [2.24, 2.45) is 11.8 Å². The predicted molar refractivity (Wildman–Crippen MR) is 141 cm³/mol. The average Bonchev–Trinajstić information content (AvgIpc) is 3.76. The van der Waals surface area contributed by atoms with Crippen LogP contribution in [0.4, 0.5) is 27.8 Å². The van der Waals surface area contributed by atoms with E-state index < -0.39 is 62.9 Å². The Morgan fingerprint density at radius 1 is 1.20 bits per heavy atom. The third kappa shape index (κ3) is 5.09.